The number of anilines is 2. The maximum Gasteiger partial charge on any atom is 0.137 e. The predicted octanol–water partition coefficient (Wildman–Crippen LogP) is 1.99. The molecule has 0 bridgehead atoms. The van der Waals surface area contributed by atoms with Crippen LogP contribution in [0.2, 0.25) is 0 Å². The molecule has 2 N–H and O–H groups in total. The number of aromatic nitrogens is 2. The zero-order chi connectivity index (χ0) is 11.7. The third kappa shape index (κ3) is 2.26. The number of nitrogens with zero attached hydrogens (tertiary/aromatic N) is 3. The molecule has 1 aromatic heterocycles. The molecule has 1 aliphatic rings. The van der Waals surface area contributed by atoms with E-state index in [4.69, 9.17) is 5.73 Å². The standard InChI is InChI=1S/C12H20N4/c1-8(2)6-16(10-4-5-10)12-9(3)11(13)14-7-15-12/h7-8,10H,4-6H2,1-3H3,(H2,13,14,15). The molecule has 1 saturated carbocycles. The molecular weight excluding hydrogens is 200 g/mol. The van der Waals surface area contributed by atoms with Crippen molar-refractivity contribution in [3.63, 3.8) is 0 Å². The van der Waals surface area contributed by atoms with Gasteiger partial charge >= 0.3 is 0 Å². The van der Waals surface area contributed by atoms with Crippen molar-refractivity contribution in [3.8, 4) is 0 Å². The first-order chi connectivity index (χ1) is 7.59. The Labute approximate surface area is 96.9 Å². The molecule has 88 valence electrons. The lowest BCUT2D eigenvalue weighted by Gasteiger charge is -2.27. The molecule has 2 rings (SSSR count). The normalized spacial score (nSPS) is 15.5. The van der Waals surface area contributed by atoms with Gasteiger partial charge in [-0.15, -0.1) is 0 Å². The summed E-state index contributed by atoms with van der Waals surface area (Å²) in [5.41, 5.74) is 6.84. The Morgan fingerprint density at radius 3 is 2.69 bits per heavy atom. The average molecular weight is 220 g/mol. The van der Waals surface area contributed by atoms with Gasteiger partial charge in [0.2, 0.25) is 0 Å². The van der Waals surface area contributed by atoms with Gasteiger partial charge in [0.05, 0.1) is 0 Å². The van der Waals surface area contributed by atoms with Gasteiger partial charge in [0.25, 0.3) is 0 Å². The molecule has 1 aromatic rings. The highest BCUT2D eigenvalue weighted by Gasteiger charge is 2.31. The minimum absolute atomic E-state index is 0.597. The molecule has 16 heavy (non-hydrogen) atoms. The van der Waals surface area contributed by atoms with Crippen molar-refractivity contribution in [2.75, 3.05) is 17.2 Å². The Morgan fingerprint density at radius 2 is 2.12 bits per heavy atom. The van der Waals surface area contributed by atoms with Crippen molar-refractivity contribution >= 4 is 11.6 Å². The molecule has 0 amide bonds. The Bertz CT molecular complexity index is 371. The molecule has 0 spiro atoms. The van der Waals surface area contributed by atoms with Crippen LogP contribution in [0.4, 0.5) is 11.6 Å². The van der Waals surface area contributed by atoms with Gasteiger partial charge in [0.15, 0.2) is 0 Å². The molecule has 0 aliphatic heterocycles. The summed E-state index contributed by atoms with van der Waals surface area (Å²) in [4.78, 5) is 10.8. The number of rotatable bonds is 4. The van der Waals surface area contributed by atoms with Gasteiger partial charge in [-0.2, -0.15) is 0 Å². The van der Waals surface area contributed by atoms with Gasteiger partial charge in [-0.25, -0.2) is 9.97 Å². The fourth-order valence-electron chi connectivity index (χ4n) is 1.93. The van der Waals surface area contributed by atoms with E-state index in [1.807, 2.05) is 6.92 Å². The molecule has 0 radical (unpaired) electrons. The van der Waals surface area contributed by atoms with E-state index < -0.39 is 0 Å². The SMILES string of the molecule is Cc1c(N)ncnc1N(CC(C)C)C1CC1. The van der Waals surface area contributed by atoms with Crippen LogP contribution in [0.25, 0.3) is 0 Å². The largest absolute Gasteiger partial charge is 0.383 e. The van der Waals surface area contributed by atoms with Crippen LogP contribution in [0, 0.1) is 12.8 Å². The Morgan fingerprint density at radius 1 is 1.44 bits per heavy atom. The fourth-order valence-corrected chi connectivity index (χ4v) is 1.93. The minimum Gasteiger partial charge on any atom is -0.383 e. The third-order valence-corrected chi connectivity index (χ3v) is 2.92. The van der Waals surface area contributed by atoms with Gasteiger partial charge in [-0.05, 0) is 25.7 Å². The van der Waals surface area contributed by atoms with E-state index in [0.29, 0.717) is 17.8 Å². The Hall–Kier alpha value is -1.32. The predicted molar refractivity (Wildman–Crippen MR) is 66.4 cm³/mol. The molecule has 1 heterocycles. The maximum atomic E-state index is 5.83. The first kappa shape index (κ1) is 11.2. The van der Waals surface area contributed by atoms with E-state index in [0.717, 1.165) is 17.9 Å². The number of nitrogens with two attached hydrogens (primary N) is 1. The summed E-state index contributed by atoms with van der Waals surface area (Å²) in [6, 6.07) is 0.662. The zero-order valence-corrected chi connectivity index (χ0v) is 10.3. The average Bonchev–Trinajstić information content (AvgIpc) is 3.02. The Balaban J connectivity index is 2.27. The van der Waals surface area contributed by atoms with E-state index in [1.165, 1.54) is 12.8 Å². The van der Waals surface area contributed by atoms with Crippen molar-refractivity contribution in [3.05, 3.63) is 11.9 Å². The molecule has 1 fully saturated rings. The van der Waals surface area contributed by atoms with Gasteiger partial charge < -0.3 is 10.6 Å². The molecule has 0 aromatic carbocycles. The van der Waals surface area contributed by atoms with E-state index in [1.54, 1.807) is 6.33 Å². The summed E-state index contributed by atoms with van der Waals surface area (Å²) >= 11 is 0. The monoisotopic (exact) mass is 220 g/mol. The molecule has 4 nitrogen and oxygen atoms in total. The van der Waals surface area contributed by atoms with Crippen LogP contribution in [0.5, 0.6) is 0 Å². The van der Waals surface area contributed by atoms with Crippen LogP contribution in [0.3, 0.4) is 0 Å². The molecule has 1 aliphatic carbocycles. The van der Waals surface area contributed by atoms with Crippen molar-refractivity contribution in [1.29, 1.82) is 0 Å². The van der Waals surface area contributed by atoms with Crippen molar-refractivity contribution in [1.82, 2.24) is 9.97 Å². The lowest BCUT2D eigenvalue weighted by molar-refractivity contribution is 0.601. The second-order valence-corrected chi connectivity index (χ2v) is 4.98. The van der Waals surface area contributed by atoms with Crippen LogP contribution in [-0.2, 0) is 0 Å². The smallest absolute Gasteiger partial charge is 0.137 e. The van der Waals surface area contributed by atoms with Gasteiger partial charge in [-0.3, -0.25) is 0 Å². The molecule has 0 unspecified atom stereocenters. The highest BCUT2D eigenvalue weighted by Crippen LogP contribution is 2.33. The van der Waals surface area contributed by atoms with Gasteiger partial charge in [-0.1, -0.05) is 13.8 Å². The van der Waals surface area contributed by atoms with Crippen molar-refractivity contribution < 1.29 is 0 Å². The van der Waals surface area contributed by atoms with Crippen LogP contribution in [0.1, 0.15) is 32.3 Å². The van der Waals surface area contributed by atoms with Crippen molar-refractivity contribution in [2.24, 2.45) is 5.92 Å². The van der Waals surface area contributed by atoms with Gasteiger partial charge in [0, 0.05) is 18.2 Å². The lowest BCUT2D eigenvalue weighted by Crippen LogP contribution is -2.31. The van der Waals surface area contributed by atoms with E-state index in [-0.39, 0.29) is 0 Å². The first-order valence-electron chi connectivity index (χ1n) is 5.93. The maximum absolute atomic E-state index is 5.83. The molecular formula is C12H20N4. The lowest BCUT2D eigenvalue weighted by atomic mass is 10.2. The van der Waals surface area contributed by atoms with Crippen LogP contribution in [0.15, 0.2) is 6.33 Å². The summed E-state index contributed by atoms with van der Waals surface area (Å²) in [5.74, 6) is 2.25. The summed E-state index contributed by atoms with van der Waals surface area (Å²) in [7, 11) is 0. The third-order valence-electron chi connectivity index (χ3n) is 2.92. The quantitative estimate of drug-likeness (QED) is 0.843. The van der Waals surface area contributed by atoms with Crippen LogP contribution < -0.4 is 10.6 Å². The molecule has 0 saturated heterocycles. The number of hydrogen-bond acceptors (Lipinski definition) is 4. The van der Waals surface area contributed by atoms with Crippen LogP contribution in [-0.4, -0.2) is 22.6 Å². The van der Waals surface area contributed by atoms with Crippen LogP contribution >= 0.6 is 0 Å². The second-order valence-electron chi connectivity index (χ2n) is 4.98. The summed E-state index contributed by atoms with van der Waals surface area (Å²) in [6.07, 6.45) is 4.11. The number of hydrogen-bond donors (Lipinski definition) is 1. The minimum atomic E-state index is 0.597. The van der Waals surface area contributed by atoms with E-state index in [9.17, 15) is 0 Å². The summed E-state index contributed by atoms with van der Waals surface area (Å²) in [6.45, 7) is 7.51. The van der Waals surface area contributed by atoms with E-state index in [2.05, 4.69) is 28.7 Å². The summed E-state index contributed by atoms with van der Waals surface area (Å²) < 4.78 is 0. The summed E-state index contributed by atoms with van der Waals surface area (Å²) in [5, 5.41) is 0. The highest BCUT2D eigenvalue weighted by molar-refractivity contribution is 5.56. The molecule has 4 heteroatoms. The van der Waals surface area contributed by atoms with Crippen molar-refractivity contribution in [2.45, 2.75) is 39.7 Å². The fraction of sp³-hybridized carbons (Fsp3) is 0.667. The molecule has 0 atom stereocenters. The van der Waals surface area contributed by atoms with E-state index >= 15 is 0 Å². The highest BCUT2D eigenvalue weighted by atomic mass is 15.2. The second kappa shape index (κ2) is 4.28. The first-order valence-corrected chi connectivity index (χ1v) is 5.93. The zero-order valence-electron chi connectivity index (χ0n) is 10.3. The Kier molecular flexibility index (Phi) is 2.99. The van der Waals surface area contributed by atoms with Gasteiger partial charge in [0.1, 0.15) is 18.0 Å². The topological polar surface area (TPSA) is 55.0 Å². The number of nitrogen functional groups attached to an aromatic ring is 1.